The topological polar surface area (TPSA) is 122 Å². The van der Waals surface area contributed by atoms with Gasteiger partial charge in [-0.25, -0.2) is 14.2 Å². The molecule has 34 heavy (non-hydrogen) atoms. The fourth-order valence-electron chi connectivity index (χ4n) is 4.47. The molecule has 1 aliphatic carbocycles. The number of aryl methyl sites for hydroxylation is 2. The van der Waals surface area contributed by atoms with Crippen LogP contribution in [0.15, 0.2) is 23.1 Å². The Morgan fingerprint density at radius 3 is 2.62 bits per heavy atom. The van der Waals surface area contributed by atoms with Gasteiger partial charge in [0.05, 0.1) is 24.6 Å². The Kier molecular flexibility index (Phi) is 6.87. The third kappa shape index (κ3) is 4.63. The molecule has 0 atom stereocenters. The van der Waals surface area contributed by atoms with Crippen molar-refractivity contribution in [3.8, 4) is 11.1 Å². The second-order valence-electron chi connectivity index (χ2n) is 8.46. The van der Waals surface area contributed by atoms with Crippen LogP contribution in [-0.4, -0.2) is 45.3 Å². The summed E-state index contributed by atoms with van der Waals surface area (Å²) in [5, 5.41) is 0.705. The largest absolute Gasteiger partial charge is 0.467 e. The highest BCUT2D eigenvalue weighted by Crippen LogP contribution is 2.33. The second-order valence-corrected chi connectivity index (χ2v) is 8.46. The van der Waals surface area contributed by atoms with E-state index in [0.717, 1.165) is 0 Å². The first kappa shape index (κ1) is 23.7. The lowest BCUT2D eigenvalue weighted by atomic mass is 9.92. The van der Waals surface area contributed by atoms with E-state index in [1.165, 1.54) is 19.4 Å². The van der Waals surface area contributed by atoms with Gasteiger partial charge >= 0.3 is 5.97 Å². The maximum Gasteiger partial charge on any atom is 0.331 e. The highest BCUT2D eigenvalue weighted by molar-refractivity contribution is 5.84. The van der Waals surface area contributed by atoms with Gasteiger partial charge in [-0.15, -0.1) is 0 Å². The zero-order chi connectivity index (χ0) is 24.4. The summed E-state index contributed by atoms with van der Waals surface area (Å²) in [7, 11) is 1.32. The van der Waals surface area contributed by atoms with Crippen molar-refractivity contribution in [1.29, 1.82) is 0 Å². The SMILES string of the molecule is CCc1nc(N)nc2c1cc(-c1cnc(C)c(F)c1)c(=O)n2[C@H]1CC[C@H](OCC(=O)OC)CC1. The van der Waals surface area contributed by atoms with Gasteiger partial charge in [-0.05, 0) is 51.2 Å². The first-order chi connectivity index (χ1) is 16.3. The first-order valence-corrected chi connectivity index (χ1v) is 11.3. The van der Waals surface area contributed by atoms with E-state index in [2.05, 4.69) is 19.7 Å². The lowest BCUT2D eigenvalue weighted by molar-refractivity contribution is -0.148. The monoisotopic (exact) mass is 469 g/mol. The lowest BCUT2D eigenvalue weighted by Crippen LogP contribution is -2.32. The standard InChI is InChI=1S/C24H28FN5O4/c1-4-20-18-10-17(14-9-19(25)13(2)27-11-14)23(32)30(22(18)29-24(26)28-20)15-5-7-16(8-6-15)34-12-21(31)33-3/h9-11,15-16H,4-8,12H2,1-3H3,(H2,26,28,29)/t15-,16-. The fourth-order valence-corrected chi connectivity index (χ4v) is 4.47. The van der Waals surface area contributed by atoms with Gasteiger partial charge in [-0.1, -0.05) is 6.92 Å². The van der Waals surface area contributed by atoms with Crippen molar-refractivity contribution < 1.29 is 18.7 Å². The molecule has 9 nitrogen and oxygen atoms in total. The molecule has 3 heterocycles. The molecular formula is C24H28FN5O4. The second kappa shape index (κ2) is 9.84. The van der Waals surface area contributed by atoms with Crippen molar-refractivity contribution >= 4 is 23.0 Å². The van der Waals surface area contributed by atoms with Crippen molar-refractivity contribution in [2.45, 2.75) is 58.1 Å². The summed E-state index contributed by atoms with van der Waals surface area (Å²) >= 11 is 0. The Balaban J connectivity index is 1.78. The van der Waals surface area contributed by atoms with Crippen LogP contribution in [0.2, 0.25) is 0 Å². The van der Waals surface area contributed by atoms with Crippen LogP contribution in [0.3, 0.4) is 0 Å². The molecule has 3 aromatic heterocycles. The number of pyridine rings is 2. The Morgan fingerprint density at radius 2 is 1.97 bits per heavy atom. The van der Waals surface area contributed by atoms with Crippen molar-refractivity contribution in [3.63, 3.8) is 0 Å². The molecule has 2 N–H and O–H groups in total. The molecule has 0 unspecified atom stereocenters. The molecular weight excluding hydrogens is 441 g/mol. The summed E-state index contributed by atoms with van der Waals surface area (Å²) in [4.78, 5) is 38.0. The highest BCUT2D eigenvalue weighted by Gasteiger charge is 2.27. The summed E-state index contributed by atoms with van der Waals surface area (Å²) in [5.74, 6) is -0.797. The average molecular weight is 470 g/mol. The van der Waals surface area contributed by atoms with Crippen LogP contribution in [0.4, 0.5) is 10.3 Å². The molecule has 4 rings (SSSR count). The van der Waals surface area contributed by atoms with Crippen LogP contribution >= 0.6 is 0 Å². The summed E-state index contributed by atoms with van der Waals surface area (Å²) < 4.78 is 26.3. The molecule has 10 heteroatoms. The quantitative estimate of drug-likeness (QED) is 0.547. The van der Waals surface area contributed by atoms with Crippen molar-refractivity contribution in [2.75, 3.05) is 19.5 Å². The minimum atomic E-state index is -0.476. The molecule has 1 aliphatic rings. The van der Waals surface area contributed by atoms with Crippen molar-refractivity contribution in [1.82, 2.24) is 19.5 Å². The van der Waals surface area contributed by atoms with Crippen LogP contribution in [0, 0.1) is 12.7 Å². The van der Waals surface area contributed by atoms with E-state index in [-0.39, 0.29) is 36.0 Å². The van der Waals surface area contributed by atoms with Gasteiger partial charge in [0.25, 0.3) is 5.56 Å². The molecule has 0 amide bonds. The molecule has 0 aromatic carbocycles. The third-order valence-corrected chi connectivity index (χ3v) is 6.33. The Morgan fingerprint density at radius 1 is 1.24 bits per heavy atom. The van der Waals surface area contributed by atoms with Crippen LogP contribution in [0.5, 0.6) is 0 Å². The number of nitrogen functional groups attached to an aromatic ring is 1. The molecule has 0 radical (unpaired) electrons. The Hall–Kier alpha value is -3.40. The number of rotatable bonds is 6. The van der Waals surface area contributed by atoms with E-state index >= 15 is 0 Å². The number of carbonyl (C=O) groups excluding carboxylic acids is 1. The van der Waals surface area contributed by atoms with Crippen LogP contribution < -0.4 is 11.3 Å². The number of nitrogens with zero attached hydrogens (tertiary/aromatic N) is 4. The van der Waals surface area contributed by atoms with Crippen LogP contribution in [0.1, 0.15) is 50.0 Å². The minimum absolute atomic E-state index is 0.0956. The zero-order valence-electron chi connectivity index (χ0n) is 19.5. The number of fused-ring (bicyclic) bond motifs is 1. The zero-order valence-corrected chi connectivity index (χ0v) is 19.5. The number of carbonyl (C=O) groups is 1. The summed E-state index contributed by atoms with van der Waals surface area (Å²) in [5.41, 5.74) is 7.89. The van der Waals surface area contributed by atoms with Gasteiger partial charge < -0.3 is 15.2 Å². The molecule has 0 bridgehead atoms. The number of methoxy groups -OCH3 is 1. The predicted molar refractivity (Wildman–Crippen MR) is 125 cm³/mol. The normalized spacial score (nSPS) is 18.2. The summed E-state index contributed by atoms with van der Waals surface area (Å²) in [6, 6.07) is 2.88. The molecule has 3 aromatic rings. The summed E-state index contributed by atoms with van der Waals surface area (Å²) in [6.45, 7) is 3.43. The van der Waals surface area contributed by atoms with Crippen LogP contribution in [0.25, 0.3) is 22.2 Å². The van der Waals surface area contributed by atoms with E-state index in [0.29, 0.717) is 60.0 Å². The number of halogens is 1. The van der Waals surface area contributed by atoms with Crippen LogP contribution in [-0.2, 0) is 20.7 Å². The van der Waals surface area contributed by atoms with E-state index in [4.69, 9.17) is 10.5 Å². The Bertz CT molecular complexity index is 1280. The molecule has 180 valence electrons. The number of nitrogens with two attached hydrogens (primary N) is 1. The molecule has 0 aliphatic heterocycles. The molecule has 0 saturated heterocycles. The Labute approximate surface area is 196 Å². The number of esters is 1. The fraction of sp³-hybridized carbons (Fsp3) is 0.458. The smallest absolute Gasteiger partial charge is 0.331 e. The molecule has 1 fully saturated rings. The van der Waals surface area contributed by atoms with Crippen molar-refractivity contribution in [3.05, 3.63) is 45.9 Å². The highest BCUT2D eigenvalue weighted by atomic mass is 19.1. The molecule has 1 saturated carbocycles. The number of aromatic nitrogens is 4. The minimum Gasteiger partial charge on any atom is -0.467 e. The van der Waals surface area contributed by atoms with Gasteiger partial charge in [0.2, 0.25) is 5.95 Å². The van der Waals surface area contributed by atoms with Gasteiger partial charge in [-0.2, -0.15) is 4.98 Å². The maximum absolute atomic E-state index is 14.3. The first-order valence-electron chi connectivity index (χ1n) is 11.3. The van der Waals surface area contributed by atoms with Gasteiger partial charge in [0.15, 0.2) is 0 Å². The van der Waals surface area contributed by atoms with E-state index in [1.807, 2.05) is 6.92 Å². The maximum atomic E-state index is 14.3. The van der Waals surface area contributed by atoms with E-state index in [9.17, 15) is 14.0 Å². The number of hydrogen-bond donors (Lipinski definition) is 1. The lowest BCUT2D eigenvalue weighted by Gasteiger charge is -2.30. The number of hydrogen-bond acceptors (Lipinski definition) is 8. The molecule has 0 spiro atoms. The van der Waals surface area contributed by atoms with E-state index in [1.54, 1.807) is 17.6 Å². The average Bonchev–Trinajstić information content (AvgIpc) is 2.84. The predicted octanol–water partition coefficient (Wildman–Crippen LogP) is 3.12. The van der Waals surface area contributed by atoms with Gasteiger partial charge in [0.1, 0.15) is 18.1 Å². The van der Waals surface area contributed by atoms with E-state index < -0.39 is 11.8 Å². The van der Waals surface area contributed by atoms with Gasteiger partial charge in [0, 0.05) is 28.8 Å². The number of anilines is 1. The summed E-state index contributed by atoms with van der Waals surface area (Å²) in [6.07, 6.45) is 4.64. The number of ether oxygens (including phenoxy) is 2. The third-order valence-electron chi connectivity index (χ3n) is 6.33. The van der Waals surface area contributed by atoms with Crippen molar-refractivity contribution in [2.24, 2.45) is 0 Å². The van der Waals surface area contributed by atoms with Gasteiger partial charge in [-0.3, -0.25) is 14.3 Å².